The normalized spacial score (nSPS) is 16.9. The number of hydrogen-bond acceptors (Lipinski definition) is 4. The van der Waals surface area contributed by atoms with Crippen LogP contribution in [-0.4, -0.2) is 11.8 Å². The maximum absolute atomic E-state index is 12.3. The van der Waals surface area contributed by atoms with E-state index in [1.165, 1.54) is 16.2 Å². The van der Waals surface area contributed by atoms with Gasteiger partial charge in [-0.15, -0.1) is 11.3 Å². The predicted octanol–water partition coefficient (Wildman–Crippen LogP) is 3.52. The molecule has 2 amide bonds. The first-order chi connectivity index (χ1) is 11.0. The van der Waals surface area contributed by atoms with Gasteiger partial charge in [-0.2, -0.15) is 0 Å². The lowest BCUT2D eigenvalue weighted by Gasteiger charge is -2.20. The second kappa shape index (κ2) is 6.20. The molecular weight excluding hydrogens is 312 g/mol. The minimum absolute atomic E-state index is 0.232. The van der Waals surface area contributed by atoms with Crippen molar-refractivity contribution in [1.29, 1.82) is 0 Å². The molecule has 2 aromatic heterocycles. The van der Waals surface area contributed by atoms with Gasteiger partial charge in [0.1, 0.15) is 10.8 Å². The molecule has 2 aromatic rings. The van der Waals surface area contributed by atoms with Gasteiger partial charge >= 0.3 is 0 Å². The van der Waals surface area contributed by atoms with Gasteiger partial charge in [-0.05, 0) is 49.8 Å². The lowest BCUT2D eigenvalue weighted by molar-refractivity contribution is 0.0996. The molecule has 0 aromatic carbocycles. The Morgan fingerprint density at radius 1 is 1.43 bits per heavy atom. The molecule has 122 valence electrons. The molecule has 0 bridgehead atoms. The number of anilines is 1. The van der Waals surface area contributed by atoms with Gasteiger partial charge < -0.3 is 15.5 Å². The summed E-state index contributed by atoms with van der Waals surface area (Å²) in [6.07, 6.45) is 3.98. The van der Waals surface area contributed by atoms with E-state index in [2.05, 4.69) is 12.2 Å². The Hall–Kier alpha value is -2.08. The molecule has 2 heterocycles. The average Bonchev–Trinajstić information content (AvgIpc) is 3.09. The largest absolute Gasteiger partial charge is 0.456 e. The molecule has 0 saturated carbocycles. The van der Waals surface area contributed by atoms with Gasteiger partial charge in [0.05, 0.1) is 5.56 Å². The van der Waals surface area contributed by atoms with Crippen molar-refractivity contribution in [3.8, 4) is 0 Å². The smallest absolute Gasteiger partial charge is 0.291 e. The molecule has 23 heavy (non-hydrogen) atoms. The van der Waals surface area contributed by atoms with E-state index in [0.717, 1.165) is 31.2 Å². The number of carbonyl (C=O) groups excluding carboxylic acids is 2. The van der Waals surface area contributed by atoms with E-state index in [0.29, 0.717) is 22.2 Å². The second-order valence-corrected chi connectivity index (χ2v) is 7.06. The van der Waals surface area contributed by atoms with Gasteiger partial charge in [0.25, 0.3) is 11.8 Å². The van der Waals surface area contributed by atoms with Gasteiger partial charge in [-0.25, -0.2) is 0 Å². The second-order valence-electron chi connectivity index (χ2n) is 5.95. The molecule has 0 saturated heterocycles. The molecular formula is C17H20N2O3S. The number of aryl methyl sites for hydroxylation is 1. The van der Waals surface area contributed by atoms with E-state index in [1.54, 1.807) is 19.1 Å². The highest BCUT2D eigenvalue weighted by molar-refractivity contribution is 7.17. The molecule has 1 atom stereocenters. The Labute approximate surface area is 138 Å². The zero-order valence-electron chi connectivity index (χ0n) is 13.3. The number of hydrogen-bond donors (Lipinski definition) is 2. The van der Waals surface area contributed by atoms with Gasteiger partial charge in [0, 0.05) is 4.88 Å². The van der Waals surface area contributed by atoms with Crippen LogP contribution in [0.4, 0.5) is 5.00 Å². The van der Waals surface area contributed by atoms with Crippen LogP contribution >= 0.6 is 11.3 Å². The molecule has 1 aliphatic rings. The summed E-state index contributed by atoms with van der Waals surface area (Å²) in [6.45, 7) is 3.96. The molecule has 1 aliphatic carbocycles. The van der Waals surface area contributed by atoms with Crippen LogP contribution < -0.4 is 11.1 Å². The highest BCUT2D eigenvalue weighted by Crippen LogP contribution is 2.40. The quantitative estimate of drug-likeness (QED) is 0.898. The fourth-order valence-electron chi connectivity index (χ4n) is 3.07. The summed E-state index contributed by atoms with van der Waals surface area (Å²) >= 11 is 1.46. The van der Waals surface area contributed by atoms with Crippen LogP contribution in [0.2, 0.25) is 0 Å². The molecule has 3 N–H and O–H groups in total. The summed E-state index contributed by atoms with van der Waals surface area (Å²) < 4.78 is 5.33. The standard InChI is InChI=1S/C17H20N2O3S/c1-3-10-5-6-11-13(8-10)23-17(14(11)15(18)20)19-16(21)12-7-4-9(2)22-12/h4,7,10H,3,5-6,8H2,1-2H3,(H2,18,20)(H,19,21)/t10-/m1/s1. The first-order valence-corrected chi connectivity index (χ1v) is 8.63. The van der Waals surface area contributed by atoms with Crippen LogP contribution in [-0.2, 0) is 12.8 Å². The van der Waals surface area contributed by atoms with Crippen molar-refractivity contribution >= 4 is 28.2 Å². The molecule has 6 heteroatoms. The van der Waals surface area contributed by atoms with Crippen molar-refractivity contribution in [2.75, 3.05) is 5.32 Å². The average molecular weight is 332 g/mol. The lowest BCUT2D eigenvalue weighted by atomic mass is 9.85. The fraction of sp³-hybridized carbons (Fsp3) is 0.412. The summed E-state index contributed by atoms with van der Waals surface area (Å²) in [5.41, 5.74) is 7.04. The van der Waals surface area contributed by atoms with Gasteiger partial charge in [-0.3, -0.25) is 9.59 Å². The molecule has 0 spiro atoms. The minimum atomic E-state index is -0.483. The molecule has 3 rings (SSSR count). The summed E-state index contributed by atoms with van der Waals surface area (Å²) in [7, 11) is 0. The molecule has 0 fully saturated rings. The van der Waals surface area contributed by atoms with Crippen LogP contribution in [0.25, 0.3) is 0 Å². The molecule has 0 aliphatic heterocycles. The first kappa shape index (κ1) is 15.8. The van der Waals surface area contributed by atoms with Crippen LogP contribution in [0.5, 0.6) is 0 Å². The van der Waals surface area contributed by atoms with E-state index in [1.807, 2.05) is 0 Å². The third-order valence-corrected chi connectivity index (χ3v) is 5.55. The minimum Gasteiger partial charge on any atom is -0.456 e. The highest BCUT2D eigenvalue weighted by atomic mass is 32.1. The molecule has 5 nitrogen and oxygen atoms in total. The van der Waals surface area contributed by atoms with Crippen LogP contribution in [0.1, 0.15) is 56.9 Å². The predicted molar refractivity (Wildman–Crippen MR) is 90.0 cm³/mol. The van der Waals surface area contributed by atoms with Crippen molar-refractivity contribution in [1.82, 2.24) is 0 Å². The zero-order chi connectivity index (χ0) is 16.6. The van der Waals surface area contributed by atoms with Crippen LogP contribution in [0.3, 0.4) is 0 Å². The Bertz CT molecular complexity index is 760. The number of rotatable bonds is 4. The van der Waals surface area contributed by atoms with E-state index in [-0.39, 0.29) is 11.7 Å². The van der Waals surface area contributed by atoms with E-state index >= 15 is 0 Å². The third-order valence-electron chi connectivity index (χ3n) is 4.38. The third kappa shape index (κ3) is 3.03. The lowest BCUT2D eigenvalue weighted by Crippen LogP contribution is -2.19. The summed E-state index contributed by atoms with van der Waals surface area (Å²) in [4.78, 5) is 25.3. The van der Waals surface area contributed by atoms with Crippen molar-refractivity contribution in [3.05, 3.63) is 39.7 Å². The van der Waals surface area contributed by atoms with Crippen molar-refractivity contribution in [2.45, 2.75) is 39.5 Å². The van der Waals surface area contributed by atoms with Crippen LogP contribution in [0.15, 0.2) is 16.5 Å². The number of thiophene rings is 1. The van der Waals surface area contributed by atoms with E-state index in [9.17, 15) is 9.59 Å². The number of nitrogens with one attached hydrogen (secondary N) is 1. The van der Waals surface area contributed by atoms with E-state index in [4.69, 9.17) is 10.2 Å². The molecule has 0 radical (unpaired) electrons. The first-order valence-electron chi connectivity index (χ1n) is 7.81. The van der Waals surface area contributed by atoms with Gasteiger partial charge in [-0.1, -0.05) is 13.3 Å². The number of carbonyl (C=O) groups is 2. The van der Waals surface area contributed by atoms with Crippen molar-refractivity contribution < 1.29 is 14.0 Å². The van der Waals surface area contributed by atoms with E-state index < -0.39 is 5.91 Å². The number of amides is 2. The Kier molecular flexibility index (Phi) is 4.26. The summed E-state index contributed by atoms with van der Waals surface area (Å²) in [6, 6.07) is 3.35. The van der Waals surface area contributed by atoms with Crippen molar-refractivity contribution in [2.24, 2.45) is 11.7 Å². The number of nitrogens with two attached hydrogens (primary N) is 1. The van der Waals surface area contributed by atoms with Crippen molar-refractivity contribution in [3.63, 3.8) is 0 Å². The fourth-order valence-corrected chi connectivity index (χ4v) is 4.43. The monoisotopic (exact) mass is 332 g/mol. The molecule has 0 unspecified atom stereocenters. The van der Waals surface area contributed by atoms with Crippen LogP contribution in [0, 0.1) is 12.8 Å². The Morgan fingerprint density at radius 2 is 2.22 bits per heavy atom. The number of fused-ring (bicyclic) bond motifs is 1. The number of primary amides is 1. The maximum atomic E-state index is 12.3. The Morgan fingerprint density at radius 3 is 2.83 bits per heavy atom. The maximum Gasteiger partial charge on any atom is 0.291 e. The van der Waals surface area contributed by atoms with Gasteiger partial charge in [0.2, 0.25) is 0 Å². The highest BCUT2D eigenvalue weighted by Gasteiger charge is 2.28. The van der Waals surface area contributed by atoms with Gasteiger partial charge in [0.15, 0.2) is 5.76 Å². The zero-order valence-corrected chi connectivity index (χ0v) is 14.1. The Balaban J connectivity index is 1.91. The topological polar surface area (TPSA) is 85.3 Å². The SMILES string of the molecule is CC[C@@H]1CCc2c(sc(NC(=O)c3ccc(C)o3)c2C(N)=O)C1. The number of furan rings is 1. The summed E-state index contributed by atoms with van der Waals surface area (Å²) in [5, 5.41) is 3.34. The summed E-state index contributed by atoms with van der Waals surface area (Å²) in [5.74, 6) is 0.699.